The van der Waals surface area contributed by atoms with Crippen molar-refractivity contribution < 1.29 is 96.4 Å². The Morgan fingerprint density at radius 1 is 0.425 bits per heavy atom. The van der Waals surface area contributed by atoms with Crippen molar-refractivity contribution in [1.29, 1.82) is 0 Å². The van der Waals surface area contributed by atoms with Gasteiger partial charge in [0.15, 0.2) is 46.0 Å². The number of aromatic hydroxyl groups is 4. The lowest BCUT2D eigenvalue weighted by Gasteiger charge is -2.22. The smallest absolute Gasteiger partial charge is 0.333 e. The Balaban J connectivity index is 0.000000534. The Kier molecular flexibility index (Phi) is 32.2. The third-order valence-corrected chi connectivity index (χ3v) is 16.5. The summed E-state index contributed by atoms with van der Waals surface area (Å²) in [5.74, 6) is 1.13. The molecule has 0 radical (unpaired) electrons. The van der Waals surface area contributed by atoms with Crippen LogP contribution in [0.2, 0.25) is 0 Å². The molecule has 4 aromatic carbocycles. The summed E-state index contributed by atoms with van der Waals surface area (Å²) in [6.07, 6.45) is -1.13. The Labute approximate surface area is 547 Å². The van der Waals surface area contributed by atoms with E-state index in [9.17, 15) is 39.6 Å². The molecule has 0 heterocycles. The number of esters is 4. The number of methoxy groups -OCH3 is 8. The Hall–Kier alpha value is -4.30. The number of benzene rings is 4. The van der Waals surface area contributed by atoms with Crippen LogP contribution in [0.15, 0.2) is 60.7 Å². The predicted octanol–water partition coefficient (Wildman–Crippen LogP) is 12.9. The van der Waals surface area contributed by atoms with Crippen molar-refractivity contribution in [1.82, 2.24) is 0 Å². The first-order valence-corrected chi connectivity index (χ1v) is 29.1. The van der Waals surface area contributed by atoms with Crippen molar-refractivity contribution >= 4 is 159 Å². The van der Waals surface area contributed by atoms with E-state index in [0.29, 0.717) is 112 Å². The van der Waals surface area contributed by atoms with Gasteiger partial charge in [0.1, 0.15) is 62.7 Å². The minimum atomic E-state index is -0.570. The lowest BCUT2D eigenvalue weighted by molar-refractivity contribution is -0.144. The van der Waals surface area contributed by atoms with Gasteiger partial charge in [0.25, 0.3) is 0 Å². The summed E-state index contributed by atoms with van der Waals surface area (Å²) in [7, 11) is 11.8. The largest absolute Gasteiger partial charge is 0.503 e. The quantitative estimate of drug-likeness (QED) is 0.0277. The zero-order valence-corrected chi connectivity index (χ0v) is 59.1. The molecule has 0 saturated carbocycles. The summed E-state index contributed by atoms with van der Waals surface area (Å²) >= 11 is 11.8. The molecule has 20 nitrogen and oxygen atoms in total. The molecule has 440 valence electrons. The van der Waals surface area contributed by atoms with Gasteiger partial charge in [-0.2, -0.15) is 0 Å². The lowest BCUT2D eigenvalue weighted by atomic mass is 10.1. The highest BCUT2D eigenvalue weighted by atomic mass is 127. The van der Waals surface area contributed by atoms with Crippen LogP contribution in [0.1, 0.15) is 76.0 Å². The minimum Gasteiger partial charge on any atom is -0.503 e. The first-order chi connectivity index (χ1) is 37.3. The van der Waals surface area contributed by atoms with Crippen LogP contribution < -0.4 is 37.9 Å². The molecule has 4 rings (SSSR count). The SMILES string of the molecule is C=C(C)C(=O)OC(C)c1c(I)c(OC)c(O)c(I)c1OC.C=C(C)C(=O)OC(C)c1cc(OC)c(O)c(I)c1OC.C=C(C)C(=O)OCc1c(I)c(OC)c(O)c(I)c1OC.C=C(C)C(=O)OCc1cc(OC)c(O)c(I)c1OC. The Morgan fingerprint density at radius 3 is 1.18 bits per heavy atom. The lowest BCUT2D eigenvalue weighted by Crippen LogP contribution is -2.12. The second kappa shape index (κ2) is 35.0. The fourth-order valence-electron chi connectivity index (χ4n) is 6.20. The number of ether oxygens (including phenoxy) is 12. The van der Waals surface area contributed by atoms with Gasteiger partial charge in [-0.25, -0.2) is 19.2 Å². The van der Waals surface area contributed by atoms with Crippen LogP contribution in [0.5, 0.6) is 69.0 Å². The first kappa shape index (κ1) is 73.7. The average molecular weight is 1790 g/mol. The third kappa shape index (κ3) is 19.4. The molecule has 2 atom stereocenters. The first-order valence-electron chi connectivity index (χ1n) is 22.6. The maximum absolute atomic E-state index is 11.7. The van der Waals surface area contributed by atoms with Gasteiger partial charge in [0.2, 0.25) is 0 Å². The van der Waals surface area contributed by atoms with Gasteiger partial charge >= 0.3 is 23.9 Å². The topological polar surface area (TPSA) is 260 Å². The molecule has 0 spiro atoms. The highest BCUT2D eigenvalue weighted by Gasteiger charge is 2.29. The van der Waals surface area contributed by atoms with Crippen LogP contribution in [0.4, 0.5) is 0 Å². The van der Waals surface area contributed by atoms with Gasteiger partial charge in [0.05, 0.1) is 69.6 Å². The highest BCUT2D eigenvalue weighted by molar-refractivity contribution is 14.1. The fourth-order valence-corrected chi connectivity index (χ4v) is 11.4. The third-order valence-electron chi connectivity index (χ3n) is 10.3. The van der Waals surface area contributed by atoms with Crippen molar-refractivity contribution in [2.45, 2.75) is 67.0 Å². The standard InChI is InChI=1S/C14H16I2O5.C14H17IO5.C13H14I2O5.C13H15IO5/c1-6(2)14(18)21-7(3)8-9(15)13(20-5)11(17)10(16)12(8)19-4;1-7(2)14(17)20-8(3)9-6-10(18-4)12(16)11(15)13(9)19-5;1-6(2)13(17)20-5-7-8(14)12(19-4)10(16)9(15)11(7)18-3;1-7(2)13(16)19-6-8-5-9(17-3)11(15)10(14)12(8)18-4/h7,17H,1H2,2-5H3;6,8,16H,1H2,2-5H3;16H,1,5H2,2-4H3;5,15H,1,6H2,2-4H3. The van der Waals surface area contributed by atoms with Crippen molar-refractivity contribution in [3.63, 3.8) is 0 Å². The number of phenolic OH excluding ortho intramolecular Hbond substituents is 4. The van der Waals surface area contributed by atoms with Gasteiger partial charge in [-0.15, -0.1) is 0 Å². The van der Waals surface area contributed by atoms with E-state index in [1.807, 2.05) is 136 Å². The molecular weight excluding hydrogens is 1730 g/mol. The summed E-state index contributed by atoms with van der Waals surface area (Å²) in [6, 6.07) is 3.16. The van der Waals surface area contributed by atoms with E-state index in [1.54, 1.807) is 53.7 Å². The average Bonchev–Trinajstić information content (AvgIpc) is 3.41. The van der Waals surface area contributed by atoms with Crippen molar-refractivity contribution in [2.75, 3.05) is 56.9 Å². The number of hydrogen-bond donors (Lipinski definition) is 4. The monoisotopic (exact) mass is 1790 g/mol. The molecule has 0 amide bonds. The maximum Gasteiger partial charge on any atom is 0.333 e. The van der Waals surface area contributed by atoms with E-state index in [1.165, 1.54) is 56.9 Å². The second-order valence-electron chi connectivity index (χ2n) is 16.1. The molecule has 0 fully saturated rings. The molecule has 80 heavy (non-hydrogen) atoms. The maximum atomic E-state index is 11.7. The molecule has 4 aromatic rings. The summed E-state index contributed by atoms with van der Waals surface area (Å²) in [5.41, 5.74) is 3.78. The van der Waals surface area contributed by atoms with Crippen molar-refractivity contribution in [3.8, 4) is 69.0 Å². The van der Waals surface area contributed by atoms with Gasteiger partial charge in [0, 0.05) is 39.0 Å². The van der Waals surface area contributed by atoms with Crippen LogP contribution in [-0.4, -0.2) is 101 Å². The zero-order valence-electron chi connectivity index (χ0n) is 46.1. The van der Waals surface area contributed by atoms with Gasteiger partial charge < -0.3 is 77.3 Å². The van der Waals surface area contributed by atoms with E-state index in [2.05, 4.69) is 26.3 Å². The molecule has 0 saturated heterocycles. The Bertz CT molecular complexity index is 2980. The highest BCUT2D eigenvalue weighted by Crippen LogP contribution is 2.49. The number of halogens is 6. The van der Waals surface area contributed by atoms with Gasteiger partial charge in [-0.3, -0.25) is 0 Å². The number of hydrogen-bond acceptors (Lipinski definition) is 20. The van der Waals surface area contributed by atoms with Crippen LogP contribution in [0, 0.1) is 21.4 Å². The van der Waals surface area contributed by atoms with E-state index in [-0.39, 0.29) is 36.2 Å². The van der Waals surface area contributed by atoms with E-state index in [4.69, 9.17) is 56.8 Å². The summed E-state index contributed by atoms with van der Waals surface area (Å²) < 4.78 is 65.8. The van der Waals surface area contributed by atoms with Crippen molar-refractivity contribution in [2.24, 2.45) is 0 Å². The molecule has 0 aromatic heterocycles. The Morgan fingerprint density at radius 2 is 0.775 bits per heavy atom. The van der Waals surface area contributed by atoms with Crippen molar-refractivity contribution in [3.05, 3.63) is 104 Å². The van der Waals surface area contributed by atoms with E-state index in [0.717, 1.165) is 0 Å². The summed E-state index contributed by atoms with van der Waals surface area (Å²) in [6.45, 7) is 23.9. The van der Waals surface area contributed by atoms with Crippen LogP contribution >= 0.6 is 136 Å². The fraction of sp³-hybridized carbons (Fsp3) is 0.333. The van der Waals surface area contributed by atoms with Crippen LogP contribution in [-0.2, 0) is 51.3 Å². The summed E-state index contributed by atoms with van der Waals surface area (Å²) in [4.78, 5) is 46.1. The molecule has 0 bridgehead atoms. The van der Waals surface area contributed by atoms with Gasteiger partial charge in [-0.1, -0.05) is 26.3 Å². The second-order valence-corrected chi connectivity index (χ2v) is 22.6. The van der Waals surface area contributed by atoms with E-state index >= 15 is 0 Å². The van der Waals surface area contributed by atoms with E-state index < -0.39 is 36.1 Å². The predicted molar refractivity (Wildman–Crippen MR) is 349 cm³/mol. The molecule has 4 N–H and O–H groups in total. The molecule has 2 unspecified atom stereocenters. The summed E-state index contributed by atoms with van der Waals surface area (Å²) in [5, 5.41) is 40.0. The molecule has 0 aliphatic rings. The number of carbonyl (C=O) groups excluding carboxylic acids is 4. The number of phenols is 4. The number of carbonyl (C=O) groups is 4. The molecular formula is C54H62I6O20. The molecule has 26 heteroatoms. The minimum absolute atomic E-state index is 0.00141. The van der Waals surface area contributed by atoms with Crippen LogP contribution in [0.3, 0.4) is 0 Å². The molecule has 0 aliphatic heterocycles. The van der Waals surface area contributed by atoms with Crippen LogP contribution in [0.25, 0.3) is 0 Å². The molecule has 0 aliphatic carbocycles. The zero-order chi connectivity index (χ0) is 61.8. The normalized spacial score (nSPS) is 10.8. The van der Waals surface area contributed by atoms with Gasteiger partial charge in [-0.05, 0) is 189 Å². The number of rotatable bonds is 20.